The molecule has 0 atom stereocenters. The van der Waals surface area contributed by atoms with Crippen molar-refractivity contribution in [1.82, 2.24) is 0 Å². The van der Waals surface area contributed by atoms with Gasteiger partial charge < -0.3 is 9.47 Å². The lowest BCUT2D eigenvalue weighted by Crippen LogP contribution is -1.94. The molecule has 0 saturated carbocycles. The zero-order valence-electron chi connectivity index (χ0n) is 8.27. The molecule has 0 spiro atoms. The van der Waals surface area contributed by atoms with E-state index < -0.39 is 0 Å². The normalized spacial score (nSPS) is 9.81. The van der Waals surface area contributed by atoms with Crippen LogP contribution in [0.25, 0.3) is 0 Å². The van der Waals surface area contributed by atoms with Crippen LogP contribution in [0.4, 0.5) is 0 Å². The molecule has 1 aromatic rings. The topological polar surface area (TPSA) is 18.5 Å². The molecule has 0 aliphatic carbocycles. The molecule has 0 heterocycles. The first-order chi connectivity index (χ1) is 7.54. The van der Waals surface area contributed by atoms with Crippen LogP contribution in [0.2, 0.25) is 10.0 Å². The van der Waals surface area contributed by atoms with Crippen molar-refractivity contribution in [3.05, 3.63) is 32.7 Å². The lowest BCUT2D eigenvalue weighted by molar-refractivity contribution is 0.361. The van der Waals surface area contributed by atoms with Crippen LogP contribution in [0.1, 0.15) is 0 Å². The highest BCUT2D eigenvalue weighted by Gasteiger charge is 2.08. The molecule has 1 aromatic carbocycles. The Kier molecular flexibility index (Phi) is 5.56. The second-order valence-electron chi connectivity index (χ2n) is 2.72. The van der Waals surface area contributed by atoms with Crippen LogP contribution < -0.4 is 9.47 Å². The largest absolute Gasteiger partial charge is 0.494 e. The lowest BCUT2D eigenvalue weighted by Gasteiger charge is -2.09. The fraction of sp³-hybridized carbons (Fsp3) is 0.200. The Balaban J connectivity index is 2.80. The average Bonchev–Trinajstić information content (AvgIpc) is 2.16. The first-order valence-corrected chi connectivity index (χ1v) is 5.72. The van der Waals surface area contributed by atoms with Gasteiger partial charge in [0.25, 0.3) is 0 Å². The maximum atomic E-state index is 5.92. The summed E-state index contributed by atoms with van der Waals surface area (Å²) in [4.78, 5) is 0. The maximum Gasteiger partial charge on any atom is 0.156 e. The van der Waals surface area contributed by atoms with Crippen LogP contribution in [0.15, 0.2) is 22.7 Å². The molecule has 16 heavy (non-hydrogen) atoms. The number of halogens is 4. The summed E-state index contributed by atoms with van der Waals surface area (Å²) >= 11 is 22.7. The highest BCUT2D eigenvalue weighted by Crippen LogP contribution is 2.36. The summed E-state index contributed by atoms with van der Waals surface area (Å²) in [6.45, 7) is 0.237. The van der Waals surface area contributed by atoms with Crippen molar-refractivity contribution in [3.8, 4) is 11.5 Å². The van der Waals surface area contributed by atoms with Crippen molar-refractivity contribution in [2.75, 3.05) is 13.7 Å². The van der Waals surface area contributed by atoms with Crippen LogP contribution >= 0.6 is 46.4 Å². The standard InChI is InChI=1S/C10H8Cl4O2/c1-15-10-7(11)4-6(5-8(10)12)16-3-2-9(13)14/h2,4-5H,3H2,1H3. The molecule has 0 radical (unpaired) electrons. The Bertz CT molecular complexity index is 377. The van der Waals surface area contributed by atoms with Gasteiger partial charge in [0.2, 0.25) is 0 Å². The van der Waals surface area contributed by atoms with Crippen molar-refractivity contribution in [2.24, 2.45) is 0 Å². The molecular weight excluding hydrogens is 294 g/mol. The molecule has 0 fully saturated rings. The minimum absolute atomic E-state index is 0.144. The van der Waals surface area contributed by atoms with Gasteiger partial charge in [-0.05, 0) is 6.08 Å². The molecule has 0 saturated heterocycles. The summed E-state index contributed by atoms with van der Waals surface area (Å²) in [5.41, 5.74) is 0. The Morgan fingerprint density at radius 3 is 2.25 bits per heavy atom. The molecule has 0 N–H and O–H groups in total. The van der Waals surface area contributed by atoms with Crippen LogP contribution in [0.3, 0.4) is 0 Å². The van der Waals surface area contributed by atoms with Crippen molar-refractivity contribution in [2.45, 2.75) is 0 Å². The van der Waals surface area contributed by atoms with Crippen molar-refractivity contribution < 1.29 is 9.47 Å². The minimum atomic E-state index is 0.144. The molecule has 1 rings (SSSR count). The Morgan fingerprint density at radius 2 is 1.81 bits per heavy atom. The van der Waals surface area contributed by atoms with Crippen molar-refractivity contribution in [1.29, 1.82) is 0 Å². The van der Waals surface area contributed by atoms with E-state index in [0.717, 1.165) is 0 Å². The Hall–Kier alpha value is -0.280. The van der Waals surface area contributed by atoms with Crippen LogP contribution in [0.5, 0.6) is 11.5 Å². The predicted octanol–water partition coefficient (Wildman–Crippen LogP) is 4.70. The van der Waals surface area contributed by atoms with Crippen LogP contribution in [0, 0.1) is 0 Å². The van der Waals surface area contributed by atoms with E-state index in [-0.39, 0.29) is 11.1 Å². The summed E-state index contributed by atoms with van der Waals surface area (Å²) in [6, 6.07) is 3.20. The monoisotopic (exact) mass is 300 g/mol. The molecule has 2 nitrogen and oxygen atoms in total. The molecule has 0 aromatic heterocycles. The number of methoxy groups -OCH3 is 1. The van der Waals surface area contributed by atoms with Gasteiger partial charge in [-0.2, -0.15) is 0 Å². The van der Waals surface area contributed by atoms with Gasteiger partial charge in [-0.25, -0.2) is 0 Å². The molecule has 0 amide bonds. The van der Waals surface area contributed by atoms with Gasteiger partial charge in [-0.3, -0.25) is 0 Å². The fourth-order valence-electron chi connectivity index (χ4n) is 1.02. The number of hydrogen-bond donors (Lipinski definition) is 0. The summed E-state index contributed by atoms with van der Waals surface area (Å²) in [5, 5.41) is 0.761. The summed E-state index contributed by atoms with van der Waals surface area (Å²) < 4.78 is 10.5. The highest BCUT2D eigenvalue weighted by atomic mass is 35.5. The van der Waals surface area contributed by atoms with E-state index in [1.54, 1.807) is 12.1 Å². The quantitative estimate of drug-likeness (QED) is 0.802. The van der Waals surface area contributed by atoms with E-state index in [9.17, 15) is 0 Å². The van der Waals surface area contributed by atoms with E-state index in [0.29, 0.717) is 21.5 Å². The summed E-state index contributed by atoms with van der Waals surface area (Å²) in [6.07, 6.45) is 1.51. The number of rotatable bonds is 4. The summed E-state index contributed by atoms with van der Waals surface area (Å²) in [5.74, 6) is 0.934. The Labute approximate surface area is 114 Å². The molecule has 0 unspecified atom stereocenters. The zero-order valence-corrected chi connectivity index (χ0v) is 11.3. The predicted molar refractivity (Wildman–Crippen MR) is 68.3 cm³/mol. The smallest absolute Gasteiger partial charge is 0.156 e. The second kappa shape index (κ2) is 6.45. The van der Waals surface area contributed by atoms with E-state index in [4.69, 9.17) is 55.9 Å². The fourth-order valence-corrected chi connectivity index (χ4v) is 1.76. The molecule has 88 valence electrons. The van der Waals surface area contributed by atoms with Gasteiger partial charge in [0.05, 0.1) is 17.2 Å². The van der Waals surface area contributed by atoms with Gasteiger partial charge in [-0.15, -0.1) is 0 Å². The number of hydrogen-bond acceptors (Lipinski definition) is 2. The first kappa shape index (κ1) is 13.8. The van der Waals surface area contributed by atoms with Crippen LogP contribution in [-0.4, -0.2) is 13.7 Å². The van der Waals surface area contributed by atoms with E-state index >= 15 is 0 Å². The average molecular weight is 302 g/mol. The van der Waals surface area contributed by atoms with Gasteiger partial charge >= 0.3 is 0 Å². The molecule has 6 heteroatoms. The lowest BCUT2D eigenvalue weighted by atomic mass is 10.3. The third-order valence-electron chi connectivity index (χ3n) is 1.66. The van der Waals surface area contributed by atoms with E-state index in [1.807, 2.05) is 0 Å². The second-order valence-corrected chi connectivity index (χ2v) is 4.55. The maximum absolute atomic E-state index is 5.92. The van der Waals surface area contributed by atoms with Gasteiger partial charge in [0.1, 0.15) is 16.8 Å². The van der Waals surface area contributed by atoms with Gasteiger partial charge in [0, 0.05) is 12.1 Å². The SMILES string of the molecule is COc1c(Cl)cc(OCC=C(Cl)Cl)cc1Cl. The van der Waals surface area contributed by atoms with Crippen molar-refractivity contribution in [3.63, 3.8) is 0 Å². The highest BCUT2D eigenvalue weighted by molar-refractivity contribution is 6.55. The van der Waals surface area contributed by atoms with Crippen LogP contribution in [-0.2, 0) is 0 Å². The number of benzene rings is 1. The van der Waals surface area contributed by atoms with Gasteiger partial charge in [-0.1, -0.05) is 46.4 Å². The first-order valence-electron chi connectivity index (χ1n) is 4.21. The van der Waals surface area contributed by atoms with Gasteiger partial charge in [0.15, 0.2) is 5.75 Å². The third-order valence-corrected chi connectivity index (χ3v) is 2.53. The zero-order chi connectivity index (χ0) is 12.1. The third kappa shape index (κ3) is 3.95. The molecule has 0 bridgehead atoms. The van der Waals surface area contributed by atoms with E-state index in [1.165, 1.54) is 13.2 Å². The summed E-state index contributed by atoms with van der Waals surface area (Å²) in [7, 11) is 1.49. The molecule has 0 aliphatic heterocycles. The molecule has 0 aliphatic rings. The minimum Gasteiger partial charge on any atom is -0.494 e. The van der Waals surface area contributed by atoms with E-state index in [2.05, 4.69) is 0 Å². The molecular formula is C10H8Cl4O2. The Morgan fingerprint density at radius 1 is 1.25 bits per heavy atom. The van der Waals surface area contributed by atoms with Crippen molar-refractivity contribution >= 4 is 46.4 Å². The number of ether oxygens (including phenoxy) is 2.